The highest BCUT2D eigenvalue weighted by molar-refractivity contribution is 9.10. The van der Waals surface area contributed by atoms with E-state index in [9.17, 15) is 4.79 Å². The summed E-state index contributed by atoms with van der Waals surface area (Å²) in [5.41, 5.74) is 1.01. The van der Waals surface area contributed by atoms with Gasteiger partial charge < -0.3 is 0 Å². The van der Waals surface area contributed by atoms with Crippen LogP contribution in [0.2, 0.25) is 0 Å². The largest absolute Gasteiger partial charge is 0.292 e. The Balaban J connectivity index is 1.96. The fourth-order valence-corrected chi connectivity index (χ4v) is 4.43. The van der Waals surface area contributed by atoms with E-state index < -0.39 is 0 Å². The van der Waals surface area contributed by atoms with Crippen LogP contribution in [-0.4, -0.2) is 16.5 Å². The molecule has 0 spiro atoms. The summed E-state index contributed by atoms with van der Waals surface area (Å²) >= 11 is 7.92. The number of aryl methyl sites for hydroxylation is 1. The lowest BCUT2D eigenvalue weighted by atomic mass is 10.3. The molecular weight excluding hydrogens is 326 g/mol. The molecule has 0 bridgehead atoms. The molecular formula is C10H8BrNOS3. The van der Waals surface area contributed by atoms with Crippen LogP contribution in [0.1, 0.15) is 15.4 Å². The Morgan fingerprint density at radius 2 is 2.38 bits per heavy atom. The number of aromatic nitrogens is 1. The average molecular weight is 334 g/mol. The van der Waals surface area contributed by atoms with Crippen LogP contribution >= 0.6 is 50.4 Å². The van der Waals surface area contributed by atoms with Crippen LogP contribution in [0.3, 0.4) is 0 Å². The molecule has 0 radical (unpaired) electrons. The standard InChI is InChI=1S/C10H8BrNOS3/c1-6-4-15-10(12-6)16-5-8(13)9-7(11)2-3-14-9/h2-4H,5H2,1H3. The Labute approximate surface area is 114 Å². The van der Waals surface area contributed by atoms with E-state index in [-0.39, 0.29) is 5.78 Å². The van der Waals surface area contributed by atoms with E-state index in [1.54, 1.807) is 11.3 Å². The first-order valence-corrected chi connectivity index (χ1v) is 8.01. The van der Waals surface area contributed by atoms with Crippen LogP contribution in [0.4, 0.5) is 0 Å². The molecule has 0 aliphatic carbocycles. The summed E-state index contributed by atoms with van der Waals surface area (Å²) in [6.07, 6.45) is 0. The van der Waals surface area contributed by atoms with Crippen molar-refractivity contribution >= 4 is 56.1 Å². The van der Waals surface area contributed by atoms with E-state index in [2.05, 4.69) is 20.9 Å². The molecule has 84 valence electrons. The van der Waals surface area contributed by atoms with Gasteiger partial charge in [0, 0.05) is 15.5 Å². The van der Waals surface area contributed by atoms with Crippen LogP contribution < -0.4 is 0 Å². The van der Waals surface area contributed by atoms with Crippen molar-refractivity contribution in [2.45, 2.75) is 11.3 Å². The number of hydrogen-bond acceptors (Lipinski definition) is 5. The zero-order valence-corrected chi connectivity index (χ0v) is 12.4. The SMILES string of the molecule is Cc1csc(SCC(=O)c2sccc2Br)n1. The molecule has 0 unspecified atom stereocenters. The first-order chi connectivity index (χ1) is 7.66. The van der Waals surface area contributed by atoms with E-state index in [4.69, 9.17) is 0 Å². The number of halogens is 1. The molecule has 0 aliphatic rings. The van der Waals surface area contributed by atoms with Crippen molar-refractivity contribution in [1.29, 1.82) is 0 Å². The molecule has 0 saturated heterocycles. The Kier molecular flexibility index (Phi) is 4.18. The van der Waals surface area contributed by atoms with Gasteiger partial charge in [-0.05, 0) is 34.3 Å². The number of nitrogens with zero attached hydrogens (tertiary/aromatic N) is 1. The van der Waals surface area contributed by atoms with Crippen molar-refractivity contribution < 1.29 is 4.79 Å². The Hall–Kier alpha value is -0.170. The maximum Gasteiger partial charge on any atom is 0.184 e. The number of thiophene rings is 1. The predicted octanol–water partition coefficient (Wildman–Crippen LogP) is 4.25. The molecule has 0 N–H and O–H groups in total. The Bertz CT molecular complexity index is 506. The minimum Gasteiger partial charge on any atom is -0.292 e. The summed E-state index contributed by atoms with van der Waals surface area (Å²) < 4.78 is 1.84. The number of carbonyl (C=O) groups is 1. The van der Waals surface area contributed by atoms with Crippen molar-refractivity contribution in [3.63, 3.8) is 0 Å². The summed E-state index contributed by atoms with van der Waals surface area (Å²) in [6.45, 7) is 1.96. The summed E-state index contributed by atoms with van der Waals surface area (Å²) in [5, 5.41) is 3.91. The van der Waals surface area contributed by atoms with Gasteiger partial charge in [-0.3, -0.25) is 4.79 Å². The second kappa shape index (κ2) is 5.44. The van der Waals surface area contributed by atoms with Crippen LogP contribution in [-0.2, 0) is 0 Å². The van der Waals surface area contributed by atoms with Crippen LogP contribution in [0, 0.1) is 6.92 Å². The molecule has 2 nitrogen and oxygen atoms in total. The lowest BCUT2D eigenvalue weighted by molar-refractivity contribution is 0.102. The minimum absolute atomic E-state index is 0.153. The number of carbonyl (C=O) groups excluding carboxylic acids is 1. The average Bonchev–Trinajstić information content (AvgIpc) is 2.84. The van der Waals surface area contributed by atoms with E-state index in [1.165, 1.54) is 23.1 Å². The number of Topliss-reactive ketones (excluding diaryl/α,β-unsaturated/α-hetero) is 1. The van der Waals surface area contributed by atoms with Gasteiger partial charge in [0.2, 0.25) is 0 Å². The molecule has 6 heteroatoms. The first-order valence-electron chi connectivity index (χ1n) is 4.48. The Morgan fingerprint density at radius 3 is 2.94 bits per heavy atom. The monoisotopic (exact) mass is 333 g/mol. The second-order valence-corrected chi connectivity index (χ2v) is 6.92. The number of ketones is 1. The van der Waals surface area contributed by atoms with Gasteiger partial charge in [0.1, 0.15) is 0 Å². The summed E-state index contributed by atoms with van der Waals surface area (Å²) in [5.74, 6) is 0.603. The van der Waals surface area contributed by atoms with Gasteiger partial charge >= 0.3 is 0 Å². The van der Waals surface area contributed by atoms with Gasteiger partial charge in [-0.1, -0.05) is 11.8 Å². The molecule has 0 amide bonds. The fourth-order valence-electron chi connectivity index (χ4n) is 1.08. The van der Waals surface area contributed by atoms with Crippen molar-refractivity contribution in [2.24, 2.45) is 0 Å². The Morgan fingerprint density at radius 1 is 1.56 bits per heavy atom. The summed E-state index contributed by atoms with van der Waals surface area (Å²) in [7, 11) is 0. The number of hydrogen-bond donors (Lipinski definition) is 0. The maximum absolute atomic E-state index is 11.8. The number of rotatable bonds is 4. The molecule has 2 aromatic rings. The summed E-state index contributed by atoms with van der Waals surface area (Å²) in [6, 6.07) is 1.90. The third-order valence-electron chi connectivity index (χ3n) is 1.80. The normalized spacial score (nSPS) is 10.6. The third kappa shape index (κ3) is 2.94. The van der Waals surface area contributed by atoms with Crippen molar-refractivity contribution in [1.82, 2.24) is 4.98 Å². The van der Waals surface area contributed by atoms with Gasteiger partial charge in [-0.25, -0.2) is 4.98 Å². The van der Waals surface area contributed by atoms with E-state index in [0.29, 0.717) is 5.75 Å². The quantitative estimate of drug-likeness (QED) is 0.618. The molecule has 0 saturated carbocycles. The molecule has 2 aromatic heterocycles. The van der Waals surface area contributed by atoms with E-state index in [0.717, 1.165) is 19.4 Å². The molecule has 0 fully saturated rings. The molecule has 0 aliphatic heterocycles. The van der Waals surface area contributed by atoms with Crippen molar-refractivity contribution in [3.8, 4) is 0 Å². The predicted molar refractivity (Wildman–Crippen MR) is 73.9 cm³/mol. The molecule has 2 heterocycles. The van der Waals surface area contributed by atoms with E-state index >= 15 is 0 Å². The number of thioether (sulfide) groups is 1. The van der Waals surface area contributed by atoms with E-state index in [1.807, 2.05) is 23.8 Å². The van der Waals surface area contributed by atoms with Crippen molar-refractivity contribution in [3.05, 3.63) is 31.9 Å². The van der Waals surface area contributed by atoms with Gasteiger partial charge in [0.25, 0.3) is 0 Å². The maximum atomic E-state index is 11.8. The topological polar surface area (TPSA) is 30.0 Å². The third-order valence-corrected chi connectivity index (χ3v) is 5.81. The van der Waals surface area contributed by atoms with Crippen LogP contribution in [0.5, 0.6) is 0 Å². The van der Waals surface area contributed by atoms with Crippen LogP contribution in [0.25, 0.3) is 0 Å². The van der Waals surface area contributed by atoms with Gasteiger partial charge in [0.05, 0.1) is 10.6 Å². The van der Waals surface area contributed by atoms with Crippen molar-refractivity contribution in [2.75, 3.05) is 5.75 Å². The molecule has 0 aromatic carbocycles. The molecule has 16 heavy (non-hydrogen) atoms. The molecule has 0 atom stereocenters. The lowest BCUT2D eigenvalue weighted by Crippen LogP contribution is -1.99. The van der Waals surface area contributed by atoms with Crippen LogP contribution in [0.15, 0.2) is 25.6 Å². The first kappa shape index (κ1) is 12.3. The zero-order chi connectivity index (χ0) is 11.5. The highest BCUT2D eigenvalue weighted by atomic mass is 79.9. The highest BCUT2D eigenvalue weighted by Crippen LogP contribution is 2.27. The number of thiazole rings is 1. The second-order valence-electron chi connectivity index (χ2n) is 3.06. The molecule has 2 rings (SSSR count). The fraction of sp³-hybridized carbons (Fsp3) is 0.200. The van der Waals surface area contributed by atoms with Gasteiger partial charge in [0.15, 0.2) is 10.1 Å². The van der Waals surface area contributed by atoms with Gasteiger partial charge in [-0.15, -0.1) is 22.7 Å². The lowest BCUT2D eigenvalue weighted by Gasteiger charge is -1.96. The van der Waals surface area contributed by atoms with Gasteiger partial charge in [-0.2, -0.15) is 0 Å². The smallest absolute Gasteiger partial charge is 0.184 e. The summed E-state index contributed by atoms with van der Waals surface area (Å²) in [4.78, 5) is 16.9. The zero-order valence-electron chi connectivity index (χ0n) is 8.40. The highest BCUT2D eigenvalue weighted by Gasteiger charge is 2.12. The minimum atomic E-state index is 0.153.